The van der Waals surface area contributed by atoms with Crippen molar-refractivity contribution in [3.8, 4) is 0 Å². The van der Waals surface area contributed by atoms with Crippen molar-refractivity contribution in [1.82, 2.24) is 0 Å². The summed E-state index contributed by atoms with van der Waals surface area (Å²) in [4.78, 5) is 0. The van der Waals surface area contributed by atoms with Crippen molar-refractivity contribution in [3.63, 3.8) is 0 Å². The normalized spacial score (nSPS) is 7.50. The number of rotatable bonds is 1. The molecule has 0 amide bonds. The third-order valence-corrected chi connectivity index (χ3v) is 0.678. The third-order valence-electron chi connectivity index (χ3n) is 0.0337. The van der Waals surface area contributed by atoms with Gasteiger partial charge in [-0.1, -0.05) is 21.2 Å². The van der Waals surface area contributed by atoms with E-state index in [1.165, 1.54) is 0 Å². The lowest BCUT2D eigenvalue weighted by Crippen LogP contribution is -1.49. The van der Waals surface area contributed by atoms with Crippen molar-refractivity contribution in [2.45, 2.75) is 0 Å². The zero-order valence-electron chi connectivity index (χ0n) is 1.74. The second-order valence-electron chi connectivity index (χ2n) is 0.178. The summed E-state index contributed by atoms with van der Waals surface area (Å²) in [5.41, 5.74) is 0. The summed E-state index contributed by atoms with van der Waals surface area (Å²) in [6.45, 7) is 0.528. The summed E-state index contributed by atoms with van der Waals surface area (Å²) in [5, 5.41) is 0. The van der Waals surface area contributed by atoms with Gasteiger partial charge in [0.25, 0.3) is 0 Å². The van der Waals surface area contributed by atoms with Gasteiger partial charge in [-0.25, -0.2) is 0 Å². The molecule has 0 aromatic carbocycles. The summed E-state index contributed by atoms with van der Waals surface area (Å²) in [6.07, 6.45) is 0. The van der Waals surface area contributed by atoms with E-state index in [0.717, 1.165) is 8.78 Å². The Balaban J connectivity index is 1.97. The molecular formula is BFIS-. The maximum absolute atomic E-state index is 10.6. The minimum absolute atomic E-state index is 0.528. The molecule has 2 radical (unpaired) electrons. The molecule has 0 atom stereocenters. The van der Waals surface area contributed by atoms with Crippen molar-refractivity contribution in [2.75, 3.05) is 0 Å². The zero-order chi connectivity index (χ0) is 3.41. The fourth-order valence-corrected chi connectivity index (χ4v) is 0. The zero-order valence-corrected chi connectivity index (χ0v) is 4.72. The Hall–Kier alpha value is 1.07. The van der Waals surface area contributed by atoms with Gasteiger partial charge in [0.2, 0.25) is 0 Å². The highest BCUT2D eigenvalue weighted by molar-refractivity contribution is 14.2. The van der Waals surface area contributed by atoms with Crippen LogP contribution in [0, 0.1) is 0 Å². The molecule has 0 rings (SSSR count). The van der Waals surface area contributed by atoms with Crippen LogP contribution in [0.5, 0.6) is 0 Å². The van der Waals surface area contributed by atoms with E-state index >= 15 is 0 Å². The molecule has 0 spiro atoms. The topological polar surface area (TPSA) is 0 Å². The smallest absolute Gasteiger partial charge is 0.0195 e. The highest BCUT2D eigenvalue weighted by Crippen LogP contribution is 2.05. The van der Waals surface area contributed by atoms with Crippen LogP contribution >= 0.6 is 30.0 Å². The Morgan fingerprint density at radius 3 is 2.25 bits per heavy atom. The summed E-state index contributed by atoms with van der Waals surface area (Å²) < 4.78 is 10.6. The SMILES string of the molecule is F[B-]SI. The average Bonchev–Trinajstić information content (AvgIpc) is 1.37. The summed E-state index contributed by atoms with van der Waals surface area (Å²) in [5.74, 6) is 0. The number of hydrogen-bond donors (Lipinski definition) is 0. The van der Waals surface area contributed by atoms with Crippen molar-refractivity contribution >= 4 is 36.8 Å². The van der Waals surface area contributed by atoms with Gasteiger partial charge in [-0.3, -0.25) is 0 Å². The number of hydrogen-bond acceptors (Lipinski definition) is 1. The van der Waals surface area contributed by atoms with Crippen LogP contribution < -0.4 is 0 Å². The van der Waals surface area contributed by atoms with E-state index in [0.29, 0.717) is 6.84 Å². The molecule has 0 nitrogen and oxygen atoms in total. The third kappa shape index (κ3) is 3.07. The number of halogens is 2. The second-order valence-corrected chi connectivity index (χ2v) is 2.06. The van der Waals surface area contributed by atoms with Crippen LogP contribution in [0.25, 0.3) is 0 Å². The Morgan fingerprint density at radius 1 is 2.00 bits per heavy atom. The van der Waals surface area contributed by atoms with Crippen LogP contribution in [0.15, 0.2) is 0 Å². The van der Waals surface area contributed by atoms with E-state index in [-0.39, 0.29) is 0 Å². The summed E-state index contributed by atoms with van der Waals surface area (Å²) in [6, 6.07) is 0. The molecule has 0 aromatic heterocycles. The fraction of sp³-hybridized carbons (Fsp3) is 0. The Labute approximate surface area is 41.3 Å². The monoisotopic (exact) mass is 189 g/mol. The van der Waals surface area contributed by atoms with Crippen LogP contribution in [-0.4, -0.2) is 6.84 Å². The minimum Gasteiger partial charge on any atom is -0.583 e. The largest absolute Gasteiger partial charge is 0.583 e. The van der Waals surface area contributed by atoms with Crippen molar-refractivity contribution in [2.24, 2.45) is 0 Å². The second kappa shape index (κ2) is 4.07. The quantitative estimate of drug-likeness (QED) is 0.445. The first-order valence-corrected chi connectivity index (χ1v) is 4.03. The van der Waals surface area contributed by atoms with Crippen LogP contribution in [-0.2, 0) is 0 Å². The van der Waals surface area contributed by atoms with E-state index in [1.54, 1.807) is 0 Å². The van der Waals surface area contributed by atoms with E-state index in [9.17, 15) is 4.32 Å². The van der Waals surface area contributed by atoms with Crippen LogP contribution in [0.4, 0.5) is 4.32 Å². The van der Waals surface area contributed by atoms with Crippen molar-refractivity contribution in [1.29, 1.82) is 0 Å². The van der Waals surface area contributed by atoms with E-state index in [1.807, 2.05) is 21.2 Å². The Morgan fingerprint density at radius 2 is 2.25 bits per heavy atom. The van der Waals surface area contributed by atoms with Crippen molar-refractivity contribution in [3.05, 3.63) is 0 Å². The highest BCUT2D eigenvalue weighted by Gasteiger charge is 1.41. The van der Waals surface area contributed by atoms with Gasteiger partial charge in [-0.05, 0) is 6.84 Å². The van der Waals surface area contributed by atoms with Gasteiger partial charge in [-0.2, -0.15) is 0 Å². The van der Waals surface area contributed by atoms with E-state index < -0.39 is 0 Å². The lowest BCUT2D eigenvalue weighted by Gasteiger charge is -1.85. The summed E-state index contributed by atoms with van der Waals surface area (Å²) >= 11 is 1.84. The molecule has 0 aromatic rings. The van der Waals surface area contributed by atoms with Gasteiger partial charge >= 0.3 is 0 Å². The predicted octanol–water partition coefficient (Wildman–Crippen LogP) is 1.57. The van der Waals surface area contributed by atoms with Crippen LogP contribution in [0.1, 0.15) is 0 Å². The first-order valence-electron chi connectivity index (χ1n) is 0.608. The molecule has 4 heteroatoms. The lowest BCUT2D eigenvalue weighted by molar-refractivity contribution is 0.896. The molecule has 4 heavy (non-hydrogen) atoms. The van der Waals surface area contributed by atoms with Gasteiger partial charge in [0.05, 0.1) is 0 Å². The summed E-state index contributed by atoms with van der Waals surface area (Å²) in [7, 11) is 1.03. The molecule has 0 heterocycles. The molecule has 24 valence electrons. The van der Waals surface area contributed by atoms with Gasteiger partial charge in [0.1, 0.15) is 0 Å². The molecule has 0 bridgehead atoms. The van der Waals surface area contributed by atoms with Gasteiger partial charge < -0.3 is 13.1 Å². The first-order chi connectivity index (χ1) is 1.91. The van der Waals surface area contributed by atoms with E-state index in [2.05, 4.69) is 0 Å². The molecule has 0 aliphatic heterocycles. The first kappa shape index (κ1) is 5.07. The maximum atomic E-state index is 10.6. The van der Waals surface area contributed by atoms with Gasteiger partial charge in [0, 0.05) is 0 Å². The molecule has 0 aliphatic rings. The van der Waals surface area contributed by atoms with Crippen molar-refractivity contribution < 1.29 is 4.32 Å². The molecule has 0 unspecified atom stereocenters. The Bertz CT molecular complexity index is 10.0. The van der Waals surface area contributed by atoms with Gasteiger partial charge in [0.15, 0.2) is 0 Å². The van der Waals surface area contributed by atoms with Gasteiger partial charge in [-0.15, -0.1) is 0 Å². The molecular weight excluding hydrogens is 189 g/mol. The van der Waals surface area contributed by atoms with Crippen LogP contribution in [0.2, 0.25) is 0 Å². The highest BCUT2D eigenvalue weighted by atomic mass is 127. The minimum atomic E-state index is 0.528. The molecule has 0 N–H and O–H groups in total. The van der Waals surface area contributed by atoms with E-state index in [4.69, 9.17) is 0 Å². The molecule has 0 fully saturated rings. The standard InChI is InChI=1S/BFIS/c2-1-4-3/q-1. The Kier molecular flexibility index (Phi) is 5.17. The maximum Gasteiger partial charge on any atom is -0.0195 e. The predicted molar refractivity (Wildman–Crippen MR) is 28.5 cm³/mol. The molecule has 0 saturated carbocycles. The van der Waals surface area contributed by atoms with Crippen LogP contribution in [0.3, 0.4) is 0 Å². The fourth-order valence-electron chi connectivity index (χ4n) is 0. The molecule has 0 aliphatic carbocycles. The average molecular weight is 189 g/mol. The molecule has 0 saturated heterocycles. The lowest BCUT2D eigenvalue weighted by atomic mass is 10.6.